The van der Waals surface area contributed by atoms with Crippen LogP contribution in [0.4, 0.5) is 0 Å². The molecule has 1 amide bonds. The number of nitrogens with zero attached hydrogens (tertiary/aromatic N) is 3. The third-order valence-corrected chi connectivity index (χ3v) is 8.18. The van der Waals surface area contributed by atoms with E-state index in [1.54, 1.807) is 11.3 Å². The zero-order valence-corrected chi connectivity index (χ0v) is 21.6. The summed E-state index contributed by atoms with van der Waals surface area (Å²) in [5, 5.41) is 15.0. The standard InChI is InChI=1S/C28H30N4OS2/c1-2-3-7-20-11-13-24(14-12-20)32-26(18-25-10-6-15-34-25)30-31-28(32)35-19-27(33)29-23-16-21-8-4-5-9-22(21)17-23/h4-6,8-15,23H,2-3,7,16-19H2,1H3,(H,29,33). The van der Waals surface area contributed by atoms with Crippen molar-refractivity contribution in [3.05, 3.63) is 93.4 Å². The summed E-state index contributed by atoms with van der Waals surface area (Å²) in [6.07, 6.45) is 5.99. The molecule has 2 aromatic carbocycles. The predicted octanol–water partition coefficient (Wildman–Crippen LogP) is 5.64. The molecule has 1 N–H and O–H groups in total. The summed E-state index contributed by atoms with van der Waals surface area (Å²) in [4.78, 5) is 14.0. The molecule has 35 heavy (non-hydrogen) atoms. The van der Waals surface area contributed by atoms with Crippen LogP contribution in [-0.2, 0) is 30.5 Å². The molecule has 0 saturated heterocycles. The van der Waals surface area contributed by atoms with Crippen molar-refractivity contribution in [2.24, 2.45) is 0 Å². The summed E-state index contributed by atoms with van der Waals surface area (Å²) in [6, 6.07) is 21.5. The van der Waals surface area contributed by atoms with E-state index in [-0.39, 0.29) is 11.9 Å². The highest BCUT2D eigenvalue weighted by Crippen LogP contribution is 2.26. The average molecular weight is 503 g/mol. The van der Waals surface area contributed by atoms with Crippen molar-refractivity contribution in [2.75, 3.05) is 5.75 Å². The number of amides is 1. The fourth-order valence-corrected chi connectivity index (χ4v) is 6.07. The van der Waals surface area contributed by atoms with Crippen LogP contribution in [0, 0.1) is 0 Å². The van der Waals surface area contributed by atoms with Crippen molar-refractivity contribution in [1.82, 2.24) is 20.1 Å². The van der Waals surface area contributed by atoms with Crippen LogP contribution in [0.1, 0.15) is 47.2 Å². The number of rotatable bonds is 10. The van der Waals surface area contributed by atoms with Crippen molar-refractivity contribution < 1.29 is 4.79 Å². The van der Waals surface area contributed by atoms with Gasteiger partial charge in [-0.3, -0.25) is 9.36 Å². The fraction of sp³-hybridized carbons (Fsp3) is 0.321. The van der Waals surface area contributed by atoms with E-state index in [0.29, 0.717) is 5.75 Å². The van der Waals surface area contributed by atoms with Crippen LogP contribution in [0.15, 0.2) is 71.2 Å². The number of fused-ring (bicyclic) bond motifs is 1. The number of benzene rings is 2. The van der Waals surface area contributed by atoms with Crippen LogP contribution >= 0.6 is 23.1 Å². The predicted molar refractivity (Wildman–Crippen MR) is 144 cm³/mol. The number of hydrogen-bond donors (Lipinski definition) is 1. The molecule has 0 bridgehead atoms. The van der Waals surface area contributed by atoms with E-state index in [2.05, 4.69) is 93.0 Å². The third-order valence-electron chi connectivity index (χ3n) is 6.37. The second-order valence-electron chi connectivity index (χ2n) is 8.99. The first-order valence-corrected chi connectivity index (χ1v) is 14.1. The Hall–Kier alpha value is -2.90. The molecule has 7 heteroatoms. The van der Waals surface area contributed by atoms with Gasteiger partial charge in [0, 0.05) is 23.0 Å². The first kappa shape index (κ1) is 23.8. The molecule has 180 valence electrons. The summed E-state index contributed by atoms with van der Waals surface area (Å²) in [7, 11) is 0. The van der Waals surface area contributed by atoms with E-state index < -0.39 is 0 Å². The number of hydrogen-bond acceptors (Lipinski definition) is 5. The SMILES string of the molecule is CCCCc1ccc(-n2c(Cc3cccs3)nnc2SCC(=O)NC2Cc3ccccc3C2)cc1. The normalized spacial score (nSPS) is 13.2. The van der Waals surface area contributed by atoms with Gasteiger partial charge in [0.05, 0.1) is 5.75 Å². The number of nitrogens with one attached hydrogen (secondary N) is 1. The van der Waals surface area contributed by atoms with E-state index in [9.17, 15) is 4.79 Å². The van der Waals surface area contributed by atoms with Crippen molar-refractivity contribution in [3.63, 3.8) is 0 Å². The number of thiophene rings is 1. The topological polar surface area (TPSA) is 59.8 Å². The molecule has 5 rings (SSSR count). The zero-order chi connectivity index (χ0) is 24.0. The molecular formula is C28H30N4OS2. The largest absolute Gasteiger partial charge is 0.352 e. The smallest absolute Gasteiger partial charge is 0.230 e. The number of unbranched alkanes of at least 4 members (excludes halogenated alkanes) is 1. The van der Waals surface area contributed by atoms with E-state index >= 15 is 0 Å². The summed E-state index contributed by atoms with van der Waals surface area (Å²) < 4.78 is 2.10. The second-order valence-corrected chi connectivity index (χ2v) is 11.0. The number of carbonyl (C=O) groups is 1. The van der Waals surface area contributed by atoms with Gasteiger partial charge in [-0.15, -0.1) is 21.5 Å². The summed E-state index contributed by atoms with van der Waals surface area (Å²) >= 11 is 3.17. The Morgan fingerprint density at radius 3 is 2.51 bits per heavy atom. The Labute approximate surface area is 215 Å². The van der Waals surface area contributed by atoms with Gasteiger partial charge in [-0.1, -0.05) is 67.6 Å². The molecular weight excluding hydrogens is 472 g/mol. The Bertz CT molecular complexity index is 1240. The van der Waals surface area contributed by atoms with Gasteiger partial charge < -0.3 is 5.32 Å². The molecule has 0 atom stereocenters. The lowest BCUT2D eigenvalue weighted by molar-refractivity contribution is -0.119. The molecule has 0 saturated carbocycles. The Kier molecular flexibility index (Phi) is 7.64. The zero-order valence-electron chi connectivity index (χ0n) is 19.9. The van der Waals surface area contributed by atoms with Crippen LogP contribution in [0.3, 0.4) is 0 Å². The Morgan fingerprint density at radius 1 is 1.06 bits per heavy atom. The third kappa shape index (κ3) is 5.85. The number of thioether (sulfide) groups is 1. The minimum absolute atomic E-state index is 0.0390. The first-order valence-electron chi connectivity index (χ1n) is 12.2. The van der Waals surface area contributed by atoms with Gasteiger partial charge in [0.2, 0.25) is 5.91 Å². The fourth-order valence-electron chi connectivity index (χ4n) is 4.59. The second kappa shape index (κ2) is 11.2. The lowest BCUT2D eigenvalue weighted by atomic mass is 10.1. The van der Waals surface area contributed by atoms with Crippen molar-refractivity contribution >= 4 is 29.0 Å². The Balaban J connectivity index is 1.29. The van der Waals surface area contributed by atoms with Crippen LogP contribution in [0.25, 0.3) is 5.69 Å². The summed E-state index contributed by atoms with van der Waals surface area (Å²) in [5.74, 6) is 1.25. The van der Waals surface area contributed by atoms with Crippen LogP contribution in [0.5, 0.6) is 0 Å². The number of aromatic nitrogens is 3. The molecule has 0 aliphatic heterocycles. The molecule has 1 aliphatic rings. The highest BCUT2D eigenvalue weighted by Gasteiger charge is 2.23. The van der Waals surface area contributed by atoms with Crippen molar-refractivity contribution in [1.29, 1.82) is 0 Å². The first-order chi connectivity index (χ1) is 17.2. The maximum absolute atomic E-state index is 12.8. The monoisotopic (exact) mass is 502 g/mol. The lowest BCUT2D eigenvalue weighted by Crippen LogP contribution is -2.36. The minimum Gasteiger partial charge on any atom is -0.352 e. The van der Waals surface area contributed by atoms with Gasteiger partial charge in [-0.05, 0) is 66.0 Å². The Morgan fingerprint density at radius 2 is 1.83 bits per heavy atom. The number of carbonyl (C=O) groups excluding carboxylic acids is 1. The van der Waals surface area contributed by atoms with Gasteiger partial charge in [-0.2, -0.15) is 0 Å². The molecule has 5 nitrogen and oxygen atoms in total. The lowest BCUT2D eigenvalue weighted by Gasteiger charge is -2.13. The molecule has 0 radical (unpaired) electrons. The van der Waals surface area contributed by atoms with Gasteiger partial charge in [0.1, 0.15) is 5.82 Å². The van der Waals surface area contributed by atoms with Gasteiger partial charge >= 0.3 is 0 Å². The quantitative estimate of drug-likeness (QED) is 0.285. The molecule has 2 aromatic heterocycles. The van der Waals surface area contributed by atoms with Crippen LogP contribution < -0.4 is 5.32 Å². The summed E-state index contributed by atoms with van der Waals surface area (Å²) in [5.41, 5.74) is 5.06. The minimum atomic E-state index is 0.0390. The van der Waals surface area contributed by atoms with Crippen molar-refractivity contribution in [2.45, 2.75) is 56.6 Å². The highest BCUT2D eigenvalue weighted by molar-refractivity contribution is 7.99. The molecule has 4 aromatic rings. The van der Waals surface area contributed by atoms with Gasteiger partial charge in [0.25, 0.3) is 0 Å². The maximum Gasteiger partial charge on any atom is 0.230 e. The molecule has 2 heterocycles. The van der Waals surface area contributed by atoms with E-state index in [1.165, 1.54) is 46.2 Å². The molecule has 1 aliphatic carbocycles. The van der Waals surface area contributed by atoms with E-state index in [4.69, 9.17) is 0 Å². The van der Waals surface area contributed by atoms with Crippen LogP contribution in [-0.4, -0.2) is 32.5 Å². The van der Waals surface area contributed by atoms with Gasteiger partial charge in [0.15, 0.2) is 5.16 Å². The summed E-state index contributed by atoms with van der Waals surface area (Å²) in [6.45, 7) is 2.22. The molecule has 0 spiro atoms. The highest BCUT2D eigenvalue weighted by atomic mass is 32.2. The maximum atomic E-state index is 12.8. The number of aryl methyl sites for hydroxylation is 1. The average Bonchev–Trinajstić information content (AvgIpc) is 3.62. The molecule has 0 fully saturated rings. The van der Waals surface area contributed by atoms with Crippen LogP contribution in [0.2, 0.25) is 0 Å². The van der Waals surface area contributed by atoms with E-state index in [0.717, 1.165) is 42.4 Å². The molecule has 0 unspecified atom stereocenters. The van der Waals surface area contributed by atoms with E-state index in [1.807, 2.05) is 0 Å². The van der Waals surface area contributed by atoms with Gasteiger partial charge in [-0.25, -0.2) is 0 Å². The van der Waals surface area contributed by atoms with Crippen molar-refractivity contribution in [3.8, 4) is 5.69 Å².